The van der Waals surface area contributed by atoms with Crippen LogP contribution in [0, 0.1) is 0 Å². The van der Waals surface area contributed by atoms with Gasteiger partial charge in [0.15, 0.2) is 0 Å². The average Bonchev–Trinajstić information content (AvgIpc) is 3.09. The fourth-order valence-electron chi connectivity index (χ4n) is 3.54. The van der Waals surface area contributed by atoms with Crippen LogP contribution in [0.4, 0.5) is 0 Å². The molecule has 140 valence electrons. The third-order valence-corrected chi connectivity index (χ3v) is 5.61. The zero-order valence-corrected chi connectivity index (χ0v) is 16.1. The number of aromatic nitrogens is 2. The van der Waals surface area contributed by atoms with Crippen molar-refractivity contribution in [3.05, 3.63) is 52.4 Å². The van der Waals surface area contributed by atoms with Crippen molar-refractivity contribution in [2.24, 2.45) is 0 Å². The number of morpholine rings is 1. The van der Waals surface area contributed by atoms with Crippen LogP contribution in [-0.2, 0) is 16.1 Å². The van der Waals surface area contributed by atoms with E-state index in [1.807, 2.05) is 49.6 Å². The molecule has 0 N–H and O–H groups in total. The molecule has 4 rings (SSSR count). The van der Waals surface area contributed by atoms with Gasteiger partial charge in [0, 0.05) is 24.0 Å². The van der Waals surface area contributed by atoms with Gasteiger partial charge in [0.05, 0.1) is 23.9 Å². The van der Waals surface area contributed by atoms with E-state index in [0.29, 0.717) is 23.3 Å². The highest BCUT2D eigenvalue weighted by atomic mass is 32.1. The number of rotatable bonds is 3. The summed E-state index contributed by atoms with van der Waals surface area (Å²) in [7, 11) is 0. The van der Waals surface area contributed by atoms with E-state index in [0.717, 1.165) is 11.1 Å². The summed E-state index contributed by atoms with van der Waals surface area (Å²) in [6.07, 6.45) is 1.47. The molecule has 1 aromatic carbocycles. The summed E-state index contributed by atoms with van der Waals surface area (Å²) < 4.78 is 7.09. The SMILES string of the molecule is C[C@H]1CN(C(=O)Cn2cnc3scc(-c4ccccc4)c3c2=O)C[C@H](C)O1. The Morgan fingerprint density at radius 1 is 1.22 bits per heavy atom. The van der Waals surface area contributed by atoms with Gasteiger partial charge in [-0.15, -0.1) is 11.3 Å². The fraction of sp³-hybridized carbons (Fsp3) is 0.350. The Morgan fingerprint density at radius 2 is 1.93 bits per heavy atom. The van der Waals surface area contributed by atoms with Gasteiger partial charge < -0.3 is 9.64 Å². The topological polar surface area (TPSA) is 64.4 Å². The maximum absolute atomic E-state index is 13.1. The summed E-state index contributed by atoms with van der Waals surface area (Å²) in [5.41, 5.74) is 1.66. The highest BCUT2D eigenvalue weighted by Gasteiger charge is 2.26. The van der Waals surface area contributed by atoms with Crippen molar-refractivity contribution < 1.29 is 9.53 Å². The van der Waals surface area contributed by atoms with Gasteiger partial charge in [-0.3, -0.25) is 14.2 Å². The molecule has 1 amide bonds. The Labute approximate surface area is 161 Å². The summed E-state index contributed by atoms with van der Waals surface area (Å²) in [5, 5.41) is 2.52. The summed E-state index contributed by atoms with van der Waals surface area (Å²) in [6, 6.07) is 9.77. The third-order valence-electron chi connectivity index (χ3n) is 4.72. The van der Waals surface area contributed by atoms with E-state index in [2.05, 4.69) is 4.98 Å². The molecule has 1 aliphatic heterocycles. The minimum absolute atomic E-state index is 0.00316. The lowest BCUT2D eigenvalue weighted by molar-refractivity contribution is -0.143. The first-order valence-electron chi connectivity index (χ1n) is 8.98. The molecular weight excluding hydrogens is 362 g/mol. The number of thiophene rings is 1. The smallest absolute Gasteiger partial charge is 0.263 e. The van der Waals surface area contributed by atoms with Gasteiger partial charge in [-0.2, -0.15) is 0 Å². The van der Waals surface area contributed by atoms with Crippen LogP contribution in [0.3, 0.4) is 0 Å². The molecule has 0 bridgehead atoms. The number of benzene rings is 1. The molecule has 0 aliphatic carbocycles. The Bertz CT molecular complexity index is 1020. The lowest BCUT2D eigenvalue weighted by Gasteiger charge is -2.35. The molecule has 0 unspecified atom stereocenters. The van der Waals surface area contributed by atoms with E-state index >= 15 is 0 Å². The van der Waals surface area contributed by atoms with Crippen LogP contribution < -0.4 is 5.56 Å². The van der Waals surface area contributed by atoms with Crippen LogP contribution in [0.5, 0.6) is 0 Å². The van der Waals surface area contributed by atoms with Gasteiger partial charge in [-0.05, 0) is 19.4 Å². The molecule has 0 radical (unpaired) electrons. The number of fused-ring (bicyclic) bond motifs is 1. The lowest BCUT2D eigenvalue weighted by Crippen LogP contribution is -2.49. The molecule has 0 spiro atoms. The van der Waals surface area contributed by atoms with Crippen LogP contribution in [0.25, 0.3) is 21.3 Å². The first-order chi connectivity index (χ1) is 13.0. The standard InChI is InChI=1S/C20H21N3O3S/c1-13-8-22(9-14(2)26-13)17(24)10-23-12-21-19-18(20(23)25)16(11-27-19)15-6-4-3-5-7-15/h3-7,11-14H,8-10H2,1-2H3/t13-,14-/m0/s1. The molecule has 1 fully saturated rings. The molecule has 3 aromatic rings. The number of carbonyl (C=O) groups excluding carboxylic acids is 1. The zero-order chi connectivity index (χ0) is 19.0. The first-order valence-corrected chi connectivity index (χ1v) is 9.86. The van der Waals surface area contributed by atoms with Gasteiger partial charge in [0.1, 0.15) is 11.4 Å². The second kappa shape index (κ2) is 7.25. The van der Waals surface area contributed by atoms with Crippen LogP contribution in [0.15, 0.2) is 46.8 Å². The first kappa shape index (κ1) is 17.9. The maximum Gasteiger partial charge on any atom is 0.263 e. The second-order valence-electron chi connectivity index (χ2n) is 6.93. The summed E-state index contributed by atoms with van der Waals surface area (Å²) >= 11 is 1.44. The predicted molar refractivity (Wildman–Crippen MR) is 106 cm³/mol. The Balaban J connectivity index is 1.66. The van der Waals surface area contributed by atoms with Crippen molar-refractivity contribution in [3.63, 3.8) is 0 Å². The second-order valence-corrected chi connectivity index (χ2v) is 7.79. The number of carbonyl (C=O) groups is 1. The van der Waals surface area contributed by atoms with E-state index in [4.69, 9.17) is 4.74 Å². The molecule has 1 saturated heterocycles. The quantitative estimate of drug-likeness (QED) is 0.698. The van der Waals surface area contributed by atoms with E-state index in [9.17, 15) is 9.59 Å². The molecule has 7 heteroatoms. The molecule has 6 nitrogen and oxygen atoms in total. The van der Waals surface area contributed by atoms with E-state index < -0.39 is 0 Å². The summed E-state index contributed by atoms with van der Waals surface area (Å²) in [6.45, 7) is 4.98. The van der Waals surface area contributed by atoms with Crippen molar-refractivity contribution in [1.82, 2.24) is 14.5 Å². The van der Waals surface area contributed by atoms with Gasteiger partial charge in [0.25, 0.3) is 5.56 Å². The molecular formula is C20H21N3O3S. The third kappa shape index (κ3) is 3.52. The molecule has 2 atom stereocenters. The molecule has 27 heavy (non-hydrogen) atoms. The Morgan fingerprint density at radius 3 is 2.63 bits per heavy atom. The minimum atomic E-state index is -0.178. The van der Waals surface area contributed by atoms with Crippen molar-refractivity contribution in [1.29, 1.82) is 0 Å². The normalized spacial score (nSPS) is 20.1. The van der Waals surface area contributed by atoms with Crippen molar-refractivity contribution in [3.8, 4) is 11.1 Å². The van der Waals surface area contributed by atoms with Crippen LogP contribution >= 0.6 is 11.3 Å². The van der Waals surface area contributed by atoms with Gasteiger partial charge in [0.2, 0.25) is 5.91 Å². The van der Waals surface area contributed by atoms with Crippen LogP contribution in [0.1, 0.15) is 13.8 Å². The van der Waals surface area contributed by atoms with Crippen molar-refractivity contribution in [2.75, 3.05) is 13.1 Å². The molecule has 3 heterocycles. The van der Waals surface area contributed by atoms with Gasteiger partial charge in [-0.1, -0.05) is 30.3 Å². The largest absolute Gasteiger partial charge is 0.372 e. The Hall–Kier alpha value is -2.51. The number of ether oxygens (including phenoxy) is 1. The highest BCUT2D eigenvalue weighted by Crippen LogP contribution is 2.30. The lowest BCUT2D eigenvalue weighted by atomic mass is 10.1. The fourth-order valence-corrected chi connectivity index (χ4v) is 4.44. The highest BCUT2D eigenvalue weighted by molar-refractivity contribution is 7.17. The van der Waals surface area contributed by atoms with Gasteiger partial charge >= 0.3 is 0 Å². The van der Waals surface area contributed by atoms with Crippen molar-refractivity contribution in [2.45, 2.75) is 32.6 Å². The predicted octanol–water partition coefficient (Wildman–Crippen LogP) is 2.76. The minimum Gasteiger partial charge on any atom is -0.372 e. The summed E-state index contributed by atoms with van der Waals surface area (Å²) in [5.74, 6) is -0.0864. The number of hydrogen-bond acceptors (Lipinski definition) is 5. The van der Waals surface area contributed by atoms with Gasteiger partial charge in [-0.25, -0.2) is 4.98 Å². The average molecular weight is 383 g/mol. The number of amides is 1. The van der Waals surface area contributed by atoms with E-state index in [1.165, 1.54) is 22.2 Å². The number of nitrogens with zero attached hydrogens (tertiary/aromatic N) is 3. The number of hydrogen-bond donors (Lipinski definition) is 0. The molecule has 1 aliphatic rings. The van der Waals surface area contributed by atoms with Crippen molar-refractivity contribution >= 4 is 27.5 Å². The summed E-state index contributed by atoms with van der Waals surface area (Å²) in [4.78, 5) is 32.6. The molecule has 0 saturated carbocycles. The monoisotopic (exact) mass is 383 g/mol. The Kier molecular flexibility index (Phi) is 4.80. The zero-order valence-electron chi connectivity index (χ0n) is 15.3. The van der Waals surface area contributed by atoms with E-state index in [1.54, 1.807) is 4.90 Å². The van der Waals surface area contributed by atoms with Crippen LogP contribution in [-0.4, -0.2) is 45.7 Å². The maximum atomic E-state index is 13.1. The van der Waals surface area contributed by atoms with E-state index in [-0.39, 0.29) is 30.2 Å². The molecule has 2 aromatic heterocycles. The van der Waals surface area contributed by atoms with Crippen LogP contribution in [0.2, 0.25) is 0 Å².